The molecule has 4 bridgehead atoms. The third-order valence-electron chi connectivity index (χ3n) is 7.19. The monoisotopic (exact) mass is 261 g/mol. The van der Waals surface area contributed by atoms with E-state index in [1.165, 1.54) is 64.2 Å². The van der Waals surface area contributed by atoms with Crippen molar-refractivity contribution in [2.45, 2.75) is 76.7 Å². The molecule has 0 spiro atoms. The predicted molar refractivity (Wildman–Crippen MR) is 79.7 cm³/mol. The van der Waals surface area contributed by atoms with Crippen molar-refractivity contribution < 1.29 is 0 Å². The first kappa shape index (κ1) is 12.7. The van der Waals surface area contributed by atoms with Crippen molar-refractivity contribution in [2.75, 3.05) is 0 Å². The second-order valence-electron chi connectivity index (χ2n) is 8.34. The molecule has 1 heteroatoms. The van der Waals surface area contributed by atoms with Gasteiger partial charge in [0.2, 0.25) is 0 Å². The number of nitrogens with two attached hydrogens (primary N) is 1. The van der Waals surface area contributed by atoms with Gasteiger partial charge in [0.1, 0.15) is 0 Å². The van der Waals surface area contributed by atoms with E-state index in [0.717, 1.165) is 35.5 Å². The molecule has 19 heavy (non-hydrogen) atoms. The Morgan fingerprint density at radius 3 is 1.74 bits per heavy atom. The van der Waals surface area contributed by atoms with Gasteiger partial charge >= 0.3 is 0 Å². The Balaban J connectivity index is 1.48. The fourth-order valence-corrected chi connectivity index (χ4v) is 6.61. The zero-order valence-corrected chi connectivity index (χ0v) is 12.4. The lowest BCUT2D eigenvalue weighted by Crippen LogP contribution is -2.53. The summed E-state index contributed by atoms with van der Waals surface area (Å²) >= 11 is 0. The summed E-state index contributed by atoms with van der Waals surface area (Å²) in [6.07, 6.45) is 16.4. The first-order chi connectivity index (χ1) is 9.31. The van der Waals surface area contributed by atoms with Gasteiger partial charge < -0.3 is 5.73 Å². The molecule has 5 fully saturated rings. The van der Waals surface area contributed by atoms with Crippen molar-refractivity contribution in [1.29, 1.82) is 0 Å². The smallest absolute Gasteiger partial charge is 0.0101 e. The summed E-state index contributed by atoms with van der Waals surface area (Å²) in [6, 6.07) is 0.549. The van der Waals surface area contributed by atoms with Crippen LogP contribution in [0.25, 0.3) is 0 Å². The lowest BCUT2D eigenvalue weighted by Gasteiger charge is -2.57. The molecule has 5 saturated carbocycles. The number of hydrogen-bond donors (Lipinski definition) is 1. The van der Waals surface area contributed by atoms with Crippen LogP contribution in [-0.4, -0.2) is 6.04 Å². The Hall–Kier alpha value is -0.0400. The van der Waals surface area contributed by atoms with Crippen LogP contribution < -0.4 is 5.73 Å². The third-order valence-corrected chi connectivity index (χ3v) is 7.19. The number of rotatable bonds is 2. The SMILES string of the molecule is NC(C1CCCCCC1)C1C2CC3CC(C2)CC1C3. The topological polar surface area (TPSA) is 26.0 Å². The Labute approximate surface area is 118 Å². The van der Waals surface area contributed by atoms with Gasteiger partial charge in [-0.15, -0.1) is 0 Å². The molecule has 1 nitrogen and oxygen atoms in total. The van der Waals surface area contributed by atoms with Crippen molar-refractivity contribution in [3.05, 3.63) is 0 Å². The van der Waals surface area contributed by atoms with Crippen molar-refractivity contribution >= 4 is 0 Å². The van der Waals surface area contributed by atoms with Crippen LogP contribution in [0.2, 0.25) is 0 Å². The molecule has 0 saturated heterocycles. The van der Waals surface area contributed by atoms with Crippen LogP contribution in [-0.2, 0) is 0 Å². The van der Waals surface area contributed by atoms with Gasteiger partial charge in [0.15, 0.2) is 0 Å². The molecular weight excluding hydrogens is 230 g/mol. The number of hydrogen-bond acceptors (Lipinski definition) is 1. The summed E-state index contributed by atoms with van der Waals surface area (Å²) in [4.78, 5) is 0. The largest absolute Gasteiger partial charge is 0.327 e. The molecule has 0 aliphatic heterocycles. The van der Waals surface area contributed by atoms with E-state index in [9.17, 15) is 0 Å². The Bertz CT molecular complexity index is 288. The Kier molecular flexibility index (Phi) is 3.38. The first-order valence-electron chi connectivity index (χ1n) is 9.07. The highest BCUT2D eigenvalue weighted by atomic mass is 14.7. The van der Waals surface area contributed by atoms with Gasteiger partial charge in [-0.3, -0.25) is 0 Å². The second-order valence-corrected chi connectivity index (χ2v) is 8.34. The maximum Gasteiger partial charge on any atom is 0.0101 e. The van der Waals surface area contributed by atoms with Crippen molar-refractivity contribution in [1.82, 2.24) is 0 Å². The standard InChI is InChI=1S/C18H31N/c19-18(14-5-3-1-2-4-6-14)17-15-8-12-7-13(10-15)11-16(17)9-12/h12-18H,1-11,19H2. The van der Waals surface area contributed by atoms with Gasteiger partial charge in [-0.25, -0.2) is 0 Å². The van der Waals surface area contributed by atoms with E-state index in [2.05, 4.69) is 0 Å². The molecule has 0 radical (unpaired) electrons. The highest BCUT2D eigenvalue weighted by Gasteiger charge is 2.50. The zero-order chi connectivity index (χ0) is 12.8. The maximum atomic E-state index is 6.84. The van der Waals surface area contributed by atoms with Crippen molar-refractivity contribution in [3.63, 3.8) is 0 Å². The van der Waals surface area contributed by atoms with Gasteiger partial charge in [0, 0.05) is 6.04 Å². The van der Waals surface area contributed by atoms with Crippen molar-refractivity contribution in [3.8, 4) is 0 Å². The normalized spacial score (nSPS) is 48.2. The molecule has 0 amide bonds. The van der Waals surface area contributed by atoms with Crippen molar-refractivity contribution in [2.24, 2.45) is 41.2 Å². The molecule has 5 aliphatic carbocycles. The third kappa shape index (κ3) is 2.26. The average molecular weight is 261 g/mol. The highest BCUT2D eigenvalue weighted by Crippen LogP contribution is 2.58. The molecule has 0 aromatic rings. The van der Waals surface area contributed by atoms with Gasteiger partial charge in [-0.05, 0) is 80.5 Å². The Morgan fingerprint density at radius 1 is 0.684 bits per heavy atom. The van der Waals surface area contributed by atoms with Gasteiger partial charge in [-0.2, -0.15) is 0 Å². The molecule has 5 aliphatic rings. The first-order valence-corrected chi connectivity index (χ1v) is 9.07. The zero-order valence-electron chi connectivity index (χ0n) is 12.4. The van der Waals surface area contributed by atoms with E-state index in [0.29, 0.717) is 6.04 Å². The molecule has 0 heterocycles. The minimum atomic E-state index is 0.549. The summed E-state index contributed by atoms with van der Waals surface area (Å²) < 4.78 is 0. The van der Waals surface area contributed by atoms with Gasteiger partial charge in [0.25, 0.3) is 0 Å². The van der Waals surface area contributed by atoms with E-state index in [1.807, 2.05) is 0 Å². The van der Waals surface area contributed by atoms with Crippen LogP contribution in [0.15, 0.2) is 0 Å². The van der Waals surface area contributed by atoms with Crippen LogP contribution in [0, 0.1) is 35.5 Å². The highest BCUT2D eigenvalue weighted by molar-refractivity contribution is 5.02. The van der Waals surface area contributed by atoms with Gasteiger partial charge in [0.05, 0.1) is 0 Å². The van der Waals surface area contributed by atoms with E-state index < -0.39 is 0 Å². The molecule has 0 aromatic carbocycles. The summed E-state index contributed by atoms with van der Waals surface area (Å²) in [5, 5.41) is 0. The van der Waals surface area contributed by atoms with Gasteiger partial charge in [-0.1, -0.05) is 25.7 Å². The molecule has 5 rings (SSSR count). The van der Waals surface area contributed by atoms with E-state index in [1.54, 1.807) is 6.42 Å². The lowest BCUT2D eigenvalue weighted by atomic mass is 9.49. The maximum absolute atomic E-state index is 6.84. The quantitative estimate of drug-likeness (QED) is 0.735. The molecule has 2 N–H and O–H groups in total. The Morgan fingerprint density at radius 2 is 1.21 bits per heavy atom. The second kappa shape index (κ2) is 5.06. The summed E-state index contributed by atoms with van der Waals surface area (Å²) in [7, 11) is 0. The van der Waals surface area contributed by atoms with Crippen LogP contribution in [0.3, 0.4) is 0 Å². The van der Waals surface area contributed by atoms with E-state index in [4.69, 9.17) is 5.73 Å². The molecule has 1 atom stereocenters. The van der Waals surface area contributed by atoms with E-state index >= 15 is 0 Å². The van der Waals surface area contributed by atoms with Crippen LogP contribution in [0.5, 0.6) is 0 Å². The molecular formula is C18H31N. The predicted octanol–water partition coefficient (Wildman–Crippen LogP) is 4.36. The molecule has 108 valence electrons. The minimum Gasteiger partial charge on any atom is -0.327 e. The summed E-state index contributed by atoms with van der Waals surface area (Å²) in [6.45, 7) is 0. The molecule has 0 aromatic heterocycles. The van der Waals surface area contributed by atoms with Crippen LogP contribution >= 0.6 is 0 Å². The molecule has 1 unspecified atom stereocenters. The fourth-order valence-electron chi connectivity index (χ4n) is 6.61. The lowest BCUT2D eigenvalue weighted by molar-refractivity contribution is -0.0551. The average Bonchev–Trinajstić information content (AvgIpc) is 2.66. The van der Waals surface area contributed by atoms with Crippen LogP contribution in [0.1, 0.15) is 70.6 Å². The summed E-state index contributed by atoms with van der Waals surface area (Å²) in [5.74, 6) is 6.02. The van der Waals surface area contributed by atoms with Crippen LogP contribution in [0.4, 0.5) is 0 Å². The fraction of sp³-hybridized carbons (Fsp3) is 1.00. The minimum absolute atomic E-state index is 0.549. The van der Waals surface area contributed by atoms with E-state index in [-0.39, 0.29) is 0 Å². The summed E-state index contributed by atoms with van der Waals surface area (Å²) in [5.41, 5.74) is 6.84.